The normalized spacial score (nSPS) is 13.9. The molecule has 0 rings (SSSR count). The number of carbonyl (C=O) groups excluding carboxylic acids is 4. The van der Waals surface area contributed by atoms with E-state index in [1.54, 1.807) is 0 Å². The number of amides is 4. The number of aliphatic hydroxyl groups is 1. The molecule has 4 atom stereocenters. The lowest BCUT2D eigenvalue weighted by Gasteiger charge is -2.24. The van der Waals surface area contributed by atoms with E-state index >= 15 is 0 Å². The van der Waals surface area contributed by atoms with Crippen LogP contribution in [-0.2, 0) is 28.8 Å². The molecular formula is C18H32N8O9. The lowest BCUT2D eigenvalue weighted by atomic mass is 10.1. The second kappa shape index (κ2) is 15.8. The smallest absolute Gasteiger partial charge is 0.326 e. The van der Waals surface area contributed by atoms with Crippen LogP contribution < -0.4 is 38.9 Å². The highest BCUT2D eigenvalue weighted by Crippen LogP contribution is 2.03. The summed E-state index contributed by atoms with van der Waals surface area (Å²) in [6.45, 7) is -0.876. The number of rotatable bonds is 17. The summed E-state index contributed by atoms with van der Waals surface area (Å²) < 4.78 is 0. The maximum absolute atomic E-state index is 12.7. The van der Waals surface area contributed by atoms with E-state index < -0.39 is 72.8 Å². The highest BCUT2D eigenvalue weighted by molar-refractivity contribution is 5.94. The summed E-state index contributed by atoms with van der Waals surface area (Å²) >= 11 is 0. The Kier molecular flexibility index (Phi) is 14.0. The Balaban J connectivity index is 5.38. The van der Waals surface area contributed by atoms with E-state index in [-0.39, 0.29) is 38.2 Å². The number of hydrogen-bond acceptors (Lipinski definition) is 9. The lowest BCUT2D eigenvalue weighted by Crippen LogP contribution is -2.58. The molecule has 17 nitrogen and oxygen atoms in total. The standard InChI is InChI=1S/C18H32N8O9/c19-8(3-4-12(20)28)14(31)24-9(2-1-5-23-18(21)22)15(32)26-11(7-27)16(33)25-10(17(34)35)6-13(29)30/h8-11,27H,1-7,19H2,(H2,20,28)(H,24,31)(H,25,33)(H,26,32)(H,29,30)(H,34,35)(H4,21,22,23). The highest BCUT2D eigenvalue weighted by Gasteiger charge is 2.30. The number of aliphatic imine (C=N–C) groups is 1. The molecule has 198 valence electrons. The third-order valence-electron chi connectivity index (χ3n) is 4.43. The Bertz CT molecular complexity index is 816. The number of aliphatic carboxylic acids is 2. The molecule has 0 aromatic heterocycles. The number of primary amides is 1. The van der Waals surface area contributed by atoms with Gasteiger partial charge in [-0.25, -0.2) is 4.79 Å². The number of nitrogens with two attached hydrogens (primary N) is 4. The monoisotopic (exact) mass is 504 g/mol. The van der Waals surface area contributed by atoms with E-state index in [4.69, 9.17) is 33.1 Å². The number of carbonyl (C=O) groups is 6. The summed E-state index contributed by atoms with van der Waals surface area (Å²) in [5.41, 5.74) is 21.2. The average molecular weight is 505 g/mol. The molecule has 0 fully saturated rings. The van der Waals surface area contributed by atoms with Gasteiger partial charge in [-0.2, -0.15) is 0 Å². The molecule has 0 spiro atoms. The summed E-state index contributed by atoms with van der Waals surface area (Å²) in [6, 6.07) is -5.95. The number of guanidine groups is 1. The summed E-state index contributed by atoms with van der Waals surface area (Å²) in [7, 11) is 0. The Morgan fingerprint density at radius 2 is 1.34 bits per heavy atom. The quantitative estimate of drug-likeness (QED) is 0.0504. The average Bonchev–Trinajstić information content (AvgIpc) is 2.76. The molecule has 0 heterocycles. The van der Waals surface area contributed by atoms with Crippen LogP contribution in [0.5, 0.6) is 0 Å². The van der Waals surface area contributed by atoms with Gasteiger partial charge in [0.25, 0.3) is 0 Å². The second-order valence-electron chi connectivity index (χ2n) is 7.36. The van der Waals surface area contributed by atoms with Gasteiger partial charge in [0.15, 0.2) is 5.96 Å². The van der Waals surface area contributed by atoms with Gasteiger partial charge in [0, 0.05) is 13.0 Å². The molecule has 0 saturated carbocycles. The van der Waals surface area contributed by atoms with Gasteiger partial charge < -0.3 is 54.2 Å². The van der Waals surface area contributed by atoms with Crippen molar-refractivity contribution in [3.05, 3.63) is 0 Å². The largest absolute Gasteiger partial charge is 0.481 e. The predicted molar refractivity (Wildman–Crippen MR) is 119 cm³/mol. The summed E-state index contributed by atoms with van der Waals surface area (Å²) in [5, 5.41) is 33.7. The van der Waals surface area contributed by atoms with E-state index in [1.165, 1.54) is 0 Å². The molecule has 0 aliphatic carbocycles. The van der Waals surface area contributed by atoms with Crippen molar-refractivity contribution in [1.29, 1.82) is 0 Å². The number of hydrogen-bond donors (Lipinski definition) is 10. The molecule has 4 unspecified atom stereocenters. The molecule has 4 amide bonds. The van der Waals surface area contributed by atoms with Gasteiger partial charge in [-0.1, -0.05) is 0 Å². The van der Waals surface area contributed by atoms with Gasteiger partial charge in [0.05, 0.1) is 19.1 Å². The predicted octanol–water partition coefficient (Wildman–Crippen LogP) is -5.36. The first-order chi connectivity index (χ1) is 16.3. The van der Waals surface area contributed by atoms with Crippen molar-refractivity contribution in [3.63, 3.8) is 0 Å². The van der Waals surface area contributed by atoms with Crippen LogP contribution in [0.25, 0.3) is 0 Å². The molecule has 0 bridgehead atoms. The van der Waals surface area contributed by atoms with Crippen LogP contribution >= 0.6 is 0 Å². The molecule has 0 aliphatic heterocycles. The van der Waals surface area contributed by atoms with Crippen LogP contribution in [0, 0.1) is 0 Å². The fraction of sp³-hybridized carbons (Fsp3) is 0.611. The molecule has 0 aliphatic rings. The van der Waals surface area contributed by atoms with Crippen molar-refractivity contribution in [2.75, 3.05) is 13.2 Å². The maximum atomic E-state index is 12.7. The van der Waals surface area contributed by atoms with E-state index in [0.29, 0.717) is 0 Å². The van der Waals surface area contributed by atoms with Gasteiger partial charge in [-0.3, -0.25) is 29.0 Å². The van der Waals surface area contributed by atoms with Crippen LogP contribution in [0.2, 0.25) is 0 Å². The van der Waals surface area contributed by atoms with Crippen molar-refractivity contribution in [1.82, 2.24) is 16.0 Å². The van der Waals surface area contributed by atoms with E-state index in [1.807, 2.05) is 5.32 Å². The van der Waals surface area contributed by atoms with Crippen LogP contribution in [0.3, 0.4) is 0 Å². The summed E-state index contributed by atoms with van der Waals surface area (Å²) in [4.78, 5) is 73.9. The van der Waals surface area contributed by atoms with Crippen LogP contribution in [-0.4, -0.2) is 94.2 Å². The van der Waals surface area contributed by atoms with Gasteiger partial charge in [-0.05, 0) is 19.3 Å². The van der Waals surface area contributed by atoms with Gasteiger partial charge in [0.1, 0.15) is 18.1 Å². The molecular weight excluding hydrogens is 472 g/mol. The molecule has 17 heteroatoms. The zero-order chi connectivity index (χ0) is 27.1. The number of nitrogens with one attached hydrogen (secondary N) is 3. The maximum Gasteiger partial charge on any atom is 0.326 e. The van der Waals surface area contributed by atoms with Crippen molar-refractivity contribution < 1.29 is 44.1 Å². The number of carboxylic acid groups (broad SMARTS) is 2. The second-order valence-corrected chi connectivity index (χ2v) is 7.36. The van der Waals surface area contributed by atoms with E-state index in [0.717, 1.165) is 0 Å². The fourth-order valence-corrected chi connectivity index (χ4v) is 2.59. The van der Waals surface area contributed by atoms with Crippen molar-refractivity contribution in [3.8, 4) is 0 Å². The van der Waals surface area contributed by atoms with Crippen molar-refractivity contribution in [2.45, 2.75) is 56.3 Å². The summed E-state index contributed by atoms with van der Waals surface area (Å²) in [6.07, 6.45) is -1.05. The Labute approximate surface area is 199 Å². The third-order valence-corrected chi connectivity index (χ3v) is 4.43. The van der Waals surface area contributed by atoms with Gasteiger partial charge in [0.2, 0.25) is 23.6 Å². The van der Waals surface area contributed by atoms with Crippen LogP contribution in [0.15, 0.2) is 4.99 Å². The number of aliphatic hydroxyl groups excluding tert-OH is 1. The van der Waals surface area contributed by atoms with Crippen LogP contribution in [0.1, 0.15) is 32.1 Å². The summed E-state index contributed by atoms with van der Waals surface area (Å²) in [5.74, 6) is -6.93. The molecule has 0 aromatic rings. The Morgan fingerprint density at radius 1 is 0.800 bits per heavy atom. The highest BCUT2D eigenvalue weighted by atomic mass is 16.4. The van der Waals surface area contributed by atoms with Gasteiger partial charge in [-0.15, -0.1) is 0 Å². The zero-order valence-electron chi connectivity index (χ0n) is 18.8. The van der Waals surface area contributed by atoms with E-state index in [9.17, 15) is 33.9 Å². The third kappa shape index (κ3) is 13.3. The Hall–Kier alpha value is -3.99. The molecule has 14 N–H and O–H groups in total. The first-order valence-corrected chi connectivity index (χ1v) is 10.3. The molecule has 0 aromatic carbocycles. The molecule has 0 radical (unpaired) electrons. The van der Waals surface area contributed by atoms with Crippen LogP contribution in [0.4, 0.5) is 0 Å². The minimum absolute atomic E-state index is 0.0343. The van der Waals surface area contributed by atoms with Crippen molar-refractivity contribution in [2.24, 2.45) is 27.9 Å². The van der Waals surface area contributed by atoms with Crippen molar-refractivity contribution >= 4 is 41.5 Å². The topological polar surface area (TPSA) is 316 Å². The minimum atomic E-state index is -1.82. The first-order valence-electron chi connectivity index (χ1n) is 10.3. The number of nitrogens with zero attached hydrogens (tertiary/aromatic N) is 1. The SMILES string of the molecule is NC(=O)CCC(N)C(=O)NC(CCCN=C(N)N)C(=O)NC(CO)C(=O)NC(CC(=O)O)C(=O)O. The Morgan fingerprint density at radius 3 is 1.83 bits per heavy atom. The first kappa shape index (κ1) is 31.0. The number of carboxylic acids is 2. The molecule has 35 heavy (non-hydrogen) atoms. The van der Waals surface area contributed by atoms with E-state index in [2.05, 4.69) is 15.6 Å². The lowest BCUT2D eigenvalue weighted by molar-refractivity contribution is -0.147. The minimum Gasteiger partial charge on any atom is -0.481 e. The fourth-order valence-electron chi connectivity index (χ4n) is 2.59. The zero-order valence-corrected chi connectivity index (χ0v) is 18.8. The molecule has 0 saturated heterocycles. The van der Waals surface area contributed by atoms with Gasteiger partial charge >= 0.3 is 11.9 Å².